The fourth-order valence-corrected chi connectivity index (χ4v) is 3.53. The second kappa shape index (κ2) is 9.27. The molecule has 0 unspecified atom stereocenters. The SMILES string of the molecule is Cc1cc(C(=O)N(Cc2ccc(C#N)cc2)Cc2cccc(F)c2)nn1-c1ccccc1. The average Bonchev–Trinajstić information content (AvgIpc) is 3.21. The molecule has 32 heavy (non-hydrogen) atoms. The molecule has 1 heterocycles. The van der Waals surface area contributed by atoms with Gasteiger partial charge in [-0.25, -0.2) is 9.07 Å². The van der Waals surface area contributed by atoms with E-state index in [-0.39, 0.29) is 18.3 Å². The van der Waals surface area contributed by atoms with Gasteiger partial charge in [0.2, 0.25) is 0 Å². The predicted octanol–water partition coefficient (Wildman–Crippen LogP) is 5.03. The van der Waals surface area contributed by atoms with Crippen LogP contribution in [0.15, 0.2) is 84.9 Å². The Labute approximate surface area is 186 Å². The van der Waals surface area contributed by atoms with Crippen LogP contribution >= 0.6 is 0 Å². The molecule has 6 heteroatoms. The number of halogens is 1. The van der Waals surface area contributed by atoms with Crippen LogP contribution in [0.5, 0.6) is 0 Å². The van der Waals surface area contributed by atoms with Gasteiger partial charge in [0.1, 0.15) is 5.82 Å². The van der Waals surface area contributed by atoms with Gasteiger partial charge in [0.15, 0.2) is 5.69 Å². The Hall–Kier alpha value is -4.24. The van der Waals surface area contributed by atoms with E-state index in [0.29, 0.717) is 23.4 Å². The van der Waals surface area contributed by atoms with Crippen molar-refractivity contribution in [1.82, 2.24) is 14.7 Å². The second-order valence-electron chi connectivity index (χ2n) is 7.52. The summed E-state index contributed by atoms with van der Waals surface area (Å²) in [6, 6.07) is 26.7. The number of para-hydroxylation sites is 1. The first-order chi connectivity index (χ1) is 15.5. The molecule has 3 aromatic carbocycles. The van der Waals surface area contributed by atoms with E-state index in [1.54, 1.807) is 39.9 Å². The highest BCUT2D eigenvalue weighted by molar-refractivity contribution is 5.92. The Morgan fingerprint density at radius 2 is 1.69 bits per heavy atom. The number of aromatic nitrogens is 2. The first-order valence-corrected chi connectivity index (χ1v) is 10.2. The van der Waals surface area contributed by atoms with Crippen LogP contribution < -0.4 is 0 Å². The van der Waals surface area contributed by atoms with Crippen molar-refractivity contribution in [2.24, 2.45) is 0 Å². The number of nitriles is 1. The standard InChI is InChI=1S/C26H21FN4O/c1-19-14-25(29-31(19)24-8-3-2-4-9-24)26(32)30(18-22-6-5-7-23(27)15-22)17-21-12-10-20(16-28)11-13-21/h2-15H,17-18H2,1H3. The number of benzene rings is 3. The molecule has 158 valence electrons. The van der Waals surface area contributed by atoms with E-state index in [9.17, 15) is 9.18 Å². The first kappa shape index (κ1) is 21.0. The highest BCUT2D eigenvalue weighted by atomic mass is 19.1. The molecule has 0 atom stereocenters. The summed E-state index contributed by atoms with van der Waals surface area (Å²) >= 11 is 0. The molecule has 1 amide bonds. The molecular weight excluding hydrogens is 403 g/mol. The van der Waals surface area contributed by atoms with Gasteiger partial charge in [-0.2, -0.15) is 10.4 Å². The van der Waals surface area contributed by atoms with E-state index < -0.39 is 0 Å². The Morgan fingerprint density at radius 1 is 0.969 bits per heavy atom. The molecule has 4 aromatic rings. The number of rotatable bonds is 6. The lowest BCUT2D eigenvalue weighted by Gasteiger charge is -2.22. The van der Waals surface area contributed by atoms with E-state index in [0.717, 1.165) is 16.9 Å². The summed E-state index contributed by atoms with van der Waals surface area (Å²) < 4.78 is 15.5. The van der Waals surface area contributed by atoms with Gasteiger partial charge >= 0.3 is 0 Å². The predicted molar refractivity (Wildman–Crippen MR) is 119 cm³/mol. The van der Waals surface area contributed by atoms with Crippen molar-refractivity contribution >= 4 is 5.91 Å². The zero-order valence-electron chi connectivity index (χ0n) is 17.6. The summed E-state index contributed by atoms with van der Waals surface area (Å²) in [4.78, 5) is 15.1. The largest absolute Gasteiger partial charge is 0.329 e. The Bertz CT molecular complexity index is 1270. The van der Waals surface area contributed by atoms with E-state index in [1.807, 2.05) is 49.4 Å². The summed E-state index contributed by atoms with van der Waals surface area (Å²) in [5, 5.41) is 13.6. The van der Waals surface area contributed by atoms with Gasteiger partial charge in [0.25, 0.3) is 5.91 Å². The van der Waals surface area contributed by atoms with Crippen LogP contribution in [0.4, 0.5) is 4.39 Å². The second-order valence-corrected chi connectivity index (χ2v) is 7.52. The Morgan fingerprint density at radius 3 is 2.38 bits per heavy atom. The number of carbonyl (C=O) groups is 1. The van der Waals surface area contributed by atoms with Crippen molar-refractivity contribution in [2.45, 2.75) is 20.0 Å². The summed E-state index contributed by atoms with van der Waals surface area (Å²) in [5.74, 6) is -0.603. The molecule has 0 aliphatic carbocycles. The quantitative estimate of drug-likeness (QED) is 0.436. The van der Waals surface area contributed by atoms with Crippen LogP contribution in [0.1, 0.15) is 32.9 Å². The van der Waals surface area contributed by atoms with Crippen molar-refractivity contribution in [3.05, 3.63) is 119 Å². The molecule has 0 N–H and O–H groups in total. The summed E-state index contributed by atoms with van der Waals surface area (Å²) in [6.45, 7) is 2.43. The summed E-state index contributed by atoms with van der Waals surface area (Å²) in [7, 11) is 0. The number of amides is 1. The molecule has 0 saturated heterocycles. The van der Waals surface area contributed by atoms with Gasteiger partial charge in [0, 0.05) is 18.8 Å². The number of hydrogen-bond acceptors (Lipinski definition) is 3. The van der Waals surface area contributed by atoms with E-state index in [2.05, 4.69) is 11.2 Å². The maximum Gasteiger partial charge on any atom is 0.274 e. The average molecular weight is 424 g/mol. The molecule has 4 rings (SSSR count). The van der Waals surface area contributed by atoms with Crippen LogP contribution in [0, 0.1) is 24.1 Å². The fourth-order valence-electron chi connectivity index (χ4n) is 3.53. The van der Waals surface area contributed by atoms with Crippen molar-refractivity contribution in [3.63, 3.8) is 0 Å². The number of aryl methyl sites for hydroxylation is 1. The molecule has 0 saturated carbocycles. The van der Waals surface area contributed by atoms with Gasteiger partial charge in [-0.3, -0.25) is 4.79 Å². The Balaban J connectivity index is 1.65. The minimum absolute atomic E-state index is 0.230. The zero-order valence-corrected chi connectivity index (χ0v) is 17.6. The van der Waals surface area contributed by atoms with Crippen LogP contribution in [-0.2, 0) is 13.1 Å². The molecule has 1 aromatic heterocycles. The van der Waals surface area contributed by atoms with Gasteiger partial charge in [-0.05, 0) is 60.5 Å². The van der Waals surface area contributed by atoms with Crippen molar-refractivity contribution in [1.29, 1.82) is 5.26 Å². The monoisotopic (exact) mass is 424 g/mol. The molecule has 0 bridgehead atoms. The molecule has 0 fully saturated rings. The maximum atomic E-state index is 13.7. The lowest BCUT2D eigenvalue weighted by molar-refractivity contribution is 0.0723. The highest BCUT2D eigenvalue weighted by Gasteiger charge is 2.21. The lowest BCUT2D eigenvalue weighted by atomic mass is 10.1. The first-order valence-electron chi connectivity index (χ1n) is 10.2. The van der Waals surface area contributed by atoms with E-state index in [1.165, 1.54) is 12.1 Å². The topological polar surface area (TPSA) is 61.9 Å². The van der Waals surface area contributed by atoms with Gasteiger partial charge in [0.05, 0.1) is 17.3 Å². The number of carbonyl (C=O) groups excluding carboxylic acids is 1. The summed E-state index contributed by atoms with van der Waals surface area (Å²) in [6.07, 6.45) is 0. The van der Waals surface area contributed by atoms with Gasteiger partial charge < -0.3 is 4.90 Å². The number of nitrogens with zero attached hydrogens (tertiary/aromatic N) is 4. The number of hydrogen-bond donors (Lipinski definition) is 0. The van der Waals surface area contributed by atoms with E-state index >= 15 is 0 Å². The summed E-state index contributed by atoms with van der Waals surface area (Å²) in [5.41, 5.74) is 4.13. The van der Waals surface area contributed by atoms with Crippen LogP contribution in [0.2, 0.25) is 0 Å². The molecule has 0 aliphatic heterocycles. The Kier molecular flexibility index (Phi) is 6.09. The minimum atomic E-state index is -0.350. The van der Waals surface area contributed by atoms with Crippen LogP contribution in [0.25, 0.3) is 5.69 Å². The maximum absolute atomic E-state index is 13.7. The smallest absolute Gasteiger partial charge is 0.274 e. The van der Waals surface area contributed by atoms with Gasteiger partial charge in [-0.15, -0.1) is 0 Å². The molecule has 0 aliphatic rings. The molecule has 0 spiro atoms. The van der Waals surface area contributed by atoms with Crippen molar-refractivity contribution in [3.8, 4) is 11.8 Å². The van der Waals surface area contributed by atoms with Crippen LogP contribution in [-0.4, -0.2) is 20.6 Å². The third-order valence-corrected chi connectivity index (χ3v) is 5.11. The highest BCUT2D eigenvalue weighted by Crippen LogP contribution is 2.18. The minimum Gasteiger partial charge on any atom is -0.329 e. The van der Waals surface area contributed by atoms with Gasteiger partial charge in [-0.1, -0.05) is 42.5 Å². The molecular formula is C26H21FN4O. The normalized spacial score (nSPS) is 10.5. The molecule has 5 nitrogen and oxygen atoms in total. The van der Waals surface area contributed by atoms with Crippen molar-refractivity contribution in [2.75, 3.05) is 0 Å². The zero-order chi connectivity index (χ0) is 22.5. The fraction of sp³-hybridized carbons (Fsp3) is 0.115. The third-order valence-electron chi connectivity index (χ3n) is 5.11. The van der Waals surface area contributed by atoms with Crippen molar-refractivity contribution < 1.29 is 9.18 Å². The van der Waals surface area contributed by atoms with E-state index in [4.69, 9.17) is 5.26 Å². The van der Waals surface area contributed by atoms with Crippen LogP contribution in [0.3, 0.4) is 0 Å². The molecule has 0 radical (unpaired) electrons. The third kappa shape index (κ3) is 4.73. The lowest BCUT2D eigenvalue weighted by Crippen LogP contribution is -2.30.